The highest BCUT2D eigenvalue weighted by Gasteiger charge is 2.23. The maximum absolute atomic E-state index is 11.6. The number of nitro groups is 2. The van der Waals surface area contributed by atoms with Crippen LogP contribution in [0, 0.1) is 25.4 Å². The molecule has 0 aliphatic rings. The lowest BCUT2D eigenvalue weighted by atomic mass is 10.1. The Morgan fingerprint density at radius 3 is 1.81 bits per heavy atom. The minimum atomic E-state index is -0.559. The third-order valence-corrected chi connectivity index (χ3v) is 4.21. The normalized spacial score (nSPS) is 9.94. The van der Waals surface area contributed by atoms with Gasteiger partial charge in [0.2, 0.25) is 0 Å². The van der Waals surface area contributed by atoms with Crippen LogP contribution in [0.5, 0.6) is 0 Å². The maximum Gasteiger partial charge on any atom is 0.342 e. The highest BCUT2D eigenvalue weighted by Crippen LogP contribution is 2.26. The molecule has 0 unspecified atom stereocenters. The van der Waals surface area contributed by atoms with Gasteiger partial charge in [0.15, 0.2) is 6.20 Å². The predicted molar refractivity (Wildman–Crippen MR) is 114 cm³/mol. The van der Waals surface area contributed by atoms with Crippen LogP contribution in [0.3, 0.4) is 0 Å². The summed E-state index contributed by atoms with van der Waals surface area (Å²) in [7, 11) is 0. The largest absolute Gasteiger partial charge is 0.618 e. The van der Waals surface area contributed by atoms with Gasteiger partial charge in [-0.3, -0.25) is 20.2 Å². The molecule has 0 aliphatic heterocycles. The van der Waals surface area contributed by atoms with Crippen molar-refractivity contribution in [3.8, 4) is 22.5 Å². The van der Waals surface area contributed by atoms with Crippen molar-refractivity contribution in [2.24, 2.45) is 0 Å². The third kappa shape index (κ3) is 5.04. The topological polar surface area (TPSA) is 126 Å². The van der Waals surface area contributed by atoms with E-state index in [4.69, 9.17) is 0 Å². The van der Waals surface area contributed by atoms with Crippen molar-refractivity contribution in [2.45, 2.75) is 0 Å². The molecule has 0 radical (unpaired) electrons. The van der Waals surface area contributed by atoms with Gasteiger partial charge in [0.25, 0.3) is 5.69 Å². The fraction of sp³-hybridized carbons (Fsp3) is 0. The van der Waals surface area contributed by atoms with Gasteiger partial charge in [0, 0.05) is 30.0 Å². The molecule has 0 N–H and O–H groups in total. The summed E-state index contributed by atoms with van der Waals surface area (Å²) >= 11 is 0. The van der Waals surface area contributed by atoms with Crippen molar-refractivity contribution in [2.75, 3.05) is 0 Å². The first-order chi connectivity index (χ1) is 15.0. The molecule has 0 fully saturated rings. The van der Waals surface area contributed by atoms with Crippen molar-refractivity contribution in [3.63, 3.8) is 0 Å². The number of hydrogen-bond acceptors (Lipinski definition) is 6. The van der Waals surface area contributed by atoms with Crippen LogP contribution in [0.25, 0.3) is 22.5 Å². The summed E-state index contributed by atoms with van der Waals surface area (Å²) in [6.45, 7) is 0. The minimum absolute atomic E-state index is 0.0312. The summed E-state index contributed by atoms with van der Waals surface area (Å²) in [6.07, 6.45) is 2.80. The van der Waals surface area contributed by atoms with Gasteiger partial charge < -0.3 is 5.21 Å². The lowest BCUT2D eigenvalue weighted by Crippen LogP contribution is -2.29. The van der Waals surface area contributed by atoms with Crippen LogP contribution in [0.15, 0.2) is 97.3 Å². The van der Waals surface area contributed by atoms with E-state index in [2.05, 4.69) is 4.98 Å². The third-order valence-electron chi connectivity index (χ3n) is 4.21. The van der Waals surface area contributed by atoms with E-state index in [1.54, 1.807) is 54.7 Å². The molecule has 0 aliphatic carbocycles. The molecule has 0 bridgehead atoms. The van der Waals surface area contributed by atoms with Crippen LogP contribution in [-0.2, 0) is 0 Å². The summed E-state index contributed by atoms with van der Waals surface area (Å²) in [6, 6.07) is 23.4. The Morgan fingerprint density at radius 2 is 1.23 bits per heavy atom. The second-order valence-electron chi connectivity index (χ2n) is 6.19. The molecular weight excluding hydrogens is 400 g/mol. The number of nitrogens with zero attached hydrogens (tertiary/aromatic N) is 4. The van der Waals surface area contributed by atoms with Crippen LogP contribution >= 0.6 is 0 Å². The Labute approximate surface area is 176 Å². The maximum atomic E-state index is 11.6. The zero-order chi connectivity index (χ0) is 22.2. The highest BCUT2D eigenvalue weighted by atomic mass is 16.6. The Hall–Kier alpha value is -4.66. The lowest BCUT2D eigenvalue weighted by molar-refractivity contribution is -0.597. The Morgan fingerprint density at radius 1 is 0.677 bits per heavy atom. The van der Waals surface area contributed by atoms with Crippen LogP contribution in [-0.4, -0.2) is 14.8 Å². The first-order valence-corrected chi connectivity index (χ1v) is 9.06. The van der Waals surface area contributed by atoms with E-state index >= 15 is 0 Å². The standard InChI is InChI=1S/C11H8N2O3.C11H8N2O2/c14-12-8-4-7-10(13(15)16)11(12)9-5-2-1-3-6-9;14-13(15)10-7-4-8-12-11(10)9-5-2-1-3-6-9/h1-8H;1-8H. The van der Waals surface area contributed by atoms with Gasteiger partial charge in [-0.25, -0.2) is 4.98 Å². The van der Waals surface area contributed by atoms with Crippen LogP contribution in [0.2, 0.25) is 0 Å². The van der Waals surface area contributed by atoms with Crippen molar-refractivity contribution in [3.05, 3.63) is 123 Å². The Bertz CT molecular complexity index is 1200. The molecule has 0 saturated heterocycles. The molecule has 0 spiro atoms. The quantitative estimate of drug-likeness (QED) is 0.208. The Kier molecular flexibility index (Phi) is 6.59. The van der Waals surface area contributed by atoms with Crippen LogP contribution < -0.4 is 4.73 Å². The van der Waals surface area contributed by atoms with E-state index < -0.39 is 9.85 Å². The molecular formula is C22H16N4O5. The van der Waals surface area contributed by atoms with Crippen LogP contribution in [0.1, 0.15) is 0 Å². The number of rotatable bonds is 4. The van der Waals surface area contributed by atoms with E-state index in [1.165, 1.54) is 24.4 Å². The van der Waals surface area contributed by atoms with Gasteiger partial charge in [-0.15, -0.1) is 0 Å². The predicted octanol–water partition coefficient (Wildman–Crippen LogP) is 4.55. The molecule has 0 amide bonds. The number of aromatic nitrogens is 2. The fourth-order valence-electron chi connectivity index (χ4n) is 2.86. The first kappa shape index (κ1) is 21.1. The second kappa shape index (κ2) is 9.70. The van der Waals surface area contributed by atoms with Crippen molar-refractivity contribution in [1.82, 2.24) is 4.98 Å². The number of benzene rings is 2. The highest BCUT2D eigenvalue weighted by molar-refractivity contribution is 5.69. The van der Waals surface area contributed by atoms with Gasteiger partial charge in [0.05, 0.1) is 15.4 Å². The minimum Gasteiger partial charge on any atom is -0.618 e. The number of pyridine rings is 2. The molecule has 31 heavy (non-hydrogen) atoms. The summed E-state index contributed by atoms with van der Waals surface area (Å²) < 4.78 is 0.507. The van der Waals surface area contributed by atoms with Crippen molar-refractivity contribution >= 4 is 11.4 Å². The van der Waals surface area contributed by atoms with Gasteiger partial charge in [-0.05, 0) is 18.2 Å². The van der Waals surface area contributed by atoms with E-state index in [0.29, 0.717) is 16.0 Å². The SMILES string of the molecule is O=[N+]([O-])c1ccc[n+]([O-])c1-c1ccccc1.O=[N+]([O-])c1cccnc1-c1ccccc1. The van der Waals surface area contributed by atoms with E-state index in [1.807, 2.05) is 18.2 Å². The summed E-state index contributed by atoms with van der Waals surface area (Å²) in [4.78, 5) is 24.6. The van der Waals surface area contributed by atoms with Crippen molar-refractivity contribution < 1.29 is 14.6 Å². The van der Waals surface area contributed by atoms with Crippen molar-refractivity contribution in [1.29, 1.82) is 0 Å². The Balaban J connectivity index is 0.000000176. The van der Waals surface area contributed by atoms with Crippen LogP contribution in [0.4, 0.5) is 11.4 Å². The molecule has 0 atom stereocenters. The molecule has 4 rings (SSSR count). The molecule has 2 heterocycles. The van der Waals surface area contributed by atoms with E-state index in [-0.39, 0.29) is 17.1 Å². The van der Waals surface area contributed by atoms with E-state index in [0.717, 1.165) is 5.56 Å². The molecule has 4 aromatic rings. The average Bonchev–Trinajstić information content (AvgIpc) is 2.80. The molecule has 2 aromatic heterocycles. The number of hydrogen-bond donors (Lipinski definition) is 0. The molecule has 154 valence electrons. The zero-order valence-electron chi connectivity index (χ0n) is 16.1. The molecule has 9 heteroatoms. The first-order valence-electron chi connectivity index (χ1n) is 9.06. The molecule has 2 aromatic carbocycles. The second-order valence-corrected chi connectivity index (χ2v) is 6.19. The molecule has 9 nitrogen and oxygen atoms in total. The zero-order valence-corrected chi connectivity index (χ0v) is 16.1. The summed E-state index contributed by atoms with van der Waals surface area (Å²) in [5.74, 6) is 0. The van der Waals surface area contributed by atoms with Gasteiger partial charge in [-0.2, -0.15) is 4.73 Å². The fourth-order valence-corrected chi connectivity index (χ4v) is 2.86. The average molecular weight is 416 g/mol. The lowest BCUT2D eigenvalue weighted by Gasteiger charge is -2.03. The van der Waals surface area contributed by atoms with Gasteiger partial charge in [-0.1, -0.05) is 48.5 Å². The smallest absolute Gasteiger partial charge is 0.342 e. The van der Waals surface area contributed by atoms with Gasteiger partial charge in [0.1, 0.15) is 5.69 Å². The molecule has 0 saturated carbocycles. The monoisotopic (exact) mass is 416 g/mol. The van der Waals surface area contributed by atoms with E-state index in [9.17, 15) is 25.4 Å². The summed E-state index contributed by atoms with van der Waals surface area (Å²) in [5.41, 5.74) is 1.60. The van der Waals surface area contributed by atoms with Gasteiger partial charge >= 0.3 is 11.4 Å². The summed E-state index contributed by atoms with van der Waals surface area (Å²) in [5, 5.41) is 33.1.